The van der Waals surface area contributed by atoms with Crippen molar-refractivity contribution in [1.29, 1.82) is 0 Å². The zero-order chi connectivity index (χ0) is 12.4. The molecule has 2 aromatic rings. The number of aryl methyl sites for hydroxylation is 1. The minimum atomic E-state index is 0.593. The average Bonchev–Trinajstić information content (AvgIpc) is 2.68. The van der Waals surface area contributed by atoms with Gasteiger partial charge >= 0.3 is 0 Å². The summed E-state index contributed by atoms with van der Waals surface area (Å²) in [4.78, 5) is 7.57. The van der Waals surface area contributed by atoms with Crippen molar-refractivity contribution in [3.05, 3.63) is 39.3 Å². The van der Waals surface area contributed by atoms with E-state index in [4.69, 9.17) is 17.3 Å². The van der Waals surface area contributed by atoms with Crippen molar-refractivity contribution in [2.45, 2.75) is 13.5 Å². The maximum absolute atomic E-state index is 6.01. The Morgan fingerprint density at radius 2 is 2.24 bits per heavy atom. The number of nitrogens with two attached hydrogens (primary N) is 1. The van der Waals surface area contributed by atoms with Gasteiger partial charge in [0.15, 0.2) is 0 Å². The number of nitrogens with zero attached hydrogens (tertiary/aromatic N) is 2. The van der Waals surface area contributed by atoms with Crippen LogP contribution in [-0.2, 0) is 6.54 Å². The number of hydrogen-bond acceptors (Lipinski definition) is 4. The van der Waals surface area contributed by atoms with Crippen molar-refractivity contribution in [2.75, 3.05) is 17.7 Å². The Kier molecular flexibility index (Phi) is 3.54. The molecule has 90 valence electrons. The summed E-state index contributed by atoms with van der Waals surface area (Å²) in [5.74, 6) is 0. The Morgan fingerprint density at radius 1 is 1.47 bits per heavy atom. The normalized spacial score (nSPS) is 10.5. The molecule has 1 heterocycles. The molecule has 0 aliphatic carbocycles. The zero-order valence-corrected chi connectivity index (χ0v) is 11.3. The molecule has 0 atom stereocenters. The minimum Gasteiger partial charge on any atom is -0.396 e. The lowest BCUT2D eigenvalue weighted by molar-refractivity contribution is 0.928. The van der Waals surface area contributed by atoms with Crippen LogP contribution in [0.3, 0.4) is 0 Å². The molecule has 0 radical (unpaired) electrons. The highest BCUT2D eigenvalue weighted by Gasteiger charge is 2.10. The number of halogens is 1. The van der Waals surface area contributed by atoms with Gasteiger partial charge in [-0.15, -0.1) is 11.3 Å². The predicted octanol–water partition coefficient (Wildman–Crippen LogP) is 3.32. The van der Waals surface area contributed by atoms with Gasteiger partial charge in [-0.1, -0.05) is 17.7 Å². The summed E-state index contributed by atoms with van der Waals surface area (Å²) in [6.45, 7) is 2.81. The number of aromatic nitrogens is 1. The summed E-state index contributed by atoms with van der Waals surface area (Å²) < 4.78 is 0. The van der Waals surface area contributed by atoms with Crippen molar-refractivity contribution in [2.24, 2.45) is 0 Å². The molecule has 0 unspecified atom stereocenters. The number of rotatable bonds is 3. The third-order valence-electron chi connectivity index (χ3n) is 2.67. The van der Waals surface area contributed by atoms with Crippen LogP contribution in [0.4, 0.5) is 11.4 Å². The maximum Gasteiger partial charge on any atom is 0.0798 e. The van der Waals surface area contributed by atoms with Crippen molar-refractivity contribution < 1.29 is 0 Å². The second-order valence-electron chi connectivity index (χ2n) is 3.89. The second kappa shape index (κ2) is 4.94. The van der Waals surface area contributed by atoms with Gasteiger partial charge in [-0.3, -0.25) is 0 Å². The van der Waals surface area contributed by atoms with Gasteiger partial charge in [0, 0.05) is 11.9 Å². The van der Waals surface area contributed by atoms with E-state index < -0.39 is 0 Å². The van der Waals surface area contributed by atoms with Crippen LogP contribution in [0, 0.1) is 6.92 Å². The molecule has 1 aromatic heterocycles. The summed E-state index contributed by atoms with van der Waals surface area (Å²) in [6, 6.07) is 5.67. The third kappa shape index (κ3) is 2.53. The number of anilines is 2. The first-order chi connectivity index (χ1) is 8.09. The van der Waals surface area contributed by atoms with Gasteiger partial charge in [-0.05, 0) is 19.1 Å². The van der Waals surface area contributed by atoms with Gasteiger partial charge in [0.05, 0.1) is 34.1 Å². The van der Waals surface area contributed by atoms with Crippen molar-refractivity contribution in [3.63, 3.8) is 0 Å². The van der Waals surface area contributed by atoms with E-state index in [-0.39, 0.29) is 0 Å². The SMILES string of the molecule is Cc1ncsc1CN(C)c1cccc(Cl)c1N. The number of benzene rings is 1. The molecule has 0 aliphatic rings. The van der Waals surface area contributed by atoms with E-state index >= 15 is 0 Å². The number of hydrogen-bond donors (Lipinski definition) is 1. The minimum absolute atomic E-state index is 0.593. The first kappa shape index (κ1) is 12.2. The van der Waals surface area contributed by atoms with Crippen LogP contribution in [0.1, 0.15) is 10.6 Å². The molecule has 0 fully saturated rings. The summed E-state index contributed by atoms with van der Waals surface area (Å²) in [5, 5.41) is 0.593. The van der Waals surface area contributed by atoms with Crippen LogP contribution in [0.25, 0.3) is 0 Å². The zero-order valence-electron chi connectivity index (χ0n) is 9.77. The Labute approximate surface area is 110 Å². The Balaban J connectivity index is 2.23. The highest BCUT2D eigenvalue weighted by molar-refractivity contribution is 7.09. The molecule has 17 heavy (non-hydrogen) atoms. The first-order valence-electron chi connectivity index (χ1n) is 5.23. The van der Waals surface area contributed by atoms with Crippen LogP contribution >= 0.6 is 22.9 Å². The highest BCUT2D eigenvalue weighted by Crippen LogP contribution is 2.30. The van der Waals surface area contributed by atoms with E-state index in [2.05, 4.69) is 9.88 Å². The molecule has 3 nitrogen and oxygen atoms in total. The van der Waals surface area contributed by atoms with Crippen LogP contribution < -0.4 is 10.6 Å². The Morgan fingerprint density at radius 3 is 2.88 bits per heavy atom. The second-order valence-corrected chi connectivity index (χ2v) is 5.24. The molecular weight excluding hydrogens is 254 g/mol. The Bertz CT molecular complexity index is 524. The van der Waals surface area contributed by atoms with E-state index in [1.807, 2.05) is 31.6 Å². The molecule has 0 aliphatic heterocycles. The first-order valence-corrected chi connectivity index (χ1v) is 6.49. The number of para-hydroxylation sites is 1. The molecule has 0 saturated carbocycles. The van der Waals surface area contributed by atoms with Crippen molar-refractivity contribution in [3.8, 4) is 0 Å². The molecule has 0 bridgehead atoms. The predicted molar refractivity (Wildman–Crippen MR) is 74.8 cm³/mol. The smallest absolute Gasteiger partial charge is 0.0798 e. The third-order valence-corrected chi connectivity index (χ3v) is 3.92. The highest BCUT2D eigenvalue weighted by atomic mass is 35.5. The topological polar surface area (TPSA) is 42.2 Å². The molecule has 2 N–H and O–H groups in total. The molecule has 5 heteroatoms. The lowest BCUT2D eigenvalue weighted by atomic mass is 10.2. The van der Waals surface area contributed by atoms with Crippen LogP contribution in [0.2, 0.25) is 5.02 Å². The average molecular weight is 268 g/mol. The van der Waals surface area contributed by atoms with Gasteiger partial charge in [0.25, 0.3) is 0 Å². The van der Waals surface area contributed by atoms with E-state index in [0.717, 1.165) is 17.9 Å². The summed E-state index contributed by atoms with van der Waals surface area (Å²) in [5.41, 5.74) is 10.5. The molecule has 0 saturated heterocycles. The van der Waals surface area contributed by atoms with E-state index in [0.29, 0.717) is 10.7 Å². The fourth-order valence-electron chi connectivity index (χ4n) is 1.64. The van der Waals surface area contributed by atoms with Gasteiger partial charge < -0.3 is 10.6 Å². The standard InChI is InChI=1S/C12H14ClN3S/c1-8-11(17-7-15-8)6-16(2)10-5-3-4-9(13)12(10)14/h3-5,7H,6,14H2,1-2H3. The van der Waals surface area contributed by atoms with Gasteiger partial charge in [0.1, 0.15) is 0 Å². The van der Waals surface area contributed by atoms with Gasteiger partial charge in [-0.25, -0.2) is 4.98 Å². The monoisotopic (exact) mass is 267 g/mol. The summed E-state index contributed by atoms with van der Waals surface area (Å²) >= 11 is 7.67. The van der Waals surface area contributed by atoms with Crippen molar-refractivity contribution >= 4 is 34.3 Å². The number of nitrogen functional groups attached to an aromatic ring is 1. The molecule has 0 amide bonds. The van der Waals surface area contributed by atoms with E-state index in [1.54, 1.807) is 17.4 Å². The van der Waals surface area contributed by atoms with Crippen LogP contribution in [0.5, 0.6) is 0 Å². The molecule has 2 rings (SSSR count). The lowest BCUT2D eigenvalue weighted by Crippen LogP contribution is -2.17. The van der Waals surface area contributed by atoms with E-state index in [1.165, 1.54) is 4.88 Å². The maximum atomic E-state index is 6.01. The summed E-state index contributed by atoms with van der Waals surface area (Å²) in [7, 11) is 2.00. The van der Waals surface area contributed by atoms with Gasteiger partial charge in [-0.2, -0.15) is 0 Å². The fraction of sp³-hybridized carbons (Fsp3) is 0.250. The van der Waals surface area contributed by atoms with Crippen LogP contribution in [-0.4, -0.2) is 12.0 Å². The lowest BCUT2D eigenvalue weighted by Gasteiger charge is -2.21. The largest absolute Gasteiger partial charge is 0.396 e. The fourth-order valence-corrected chi connectivity index (χ4v) is 2.64. The van der Waals surface area contributed by atoms with Gasteiger partial charge in [0.2, 0.25) is 0 Å². The van der Waals surface area contributed by atoms with Crippen molar-refractivity contribution in [1.82, 2.24) is 4.98 Å². The van der Waals surface area contributed by atoms with Crippen LogP contribution in [0.15, 0.2) is 23.7 Å². The molecular formula is C12H14ClN3S. The molecule has 1 aromatic carbocycles. The Hall–Kier alpha value is -1.26. The summed E-state index contributed by atoms with van der Waals surface area (Å²) in [6.07, 6.45) is 0. The number of thiazole rings is 1. The van der Waals surface area contributed by atoms with E-state index in [9.17, 15) is 0 Å². The quantitative estimate of drug-likeness (QED) is 0.868. The molecule has 0 spiro atoms.